The zero-order valence-electron chi connectivity index (χ0n) is 16.4. The van der Waals surface area contributed by atoms with Crippen molar-refractivity contribution in [3.63, 3.8) is 0 Å². The first-order valence-electron chi connectivity index (χ1n) is 9.27. The molecular formula is C20H22ClN5O2S. The van der Waals surface area contributed by atoms with Crippen molar-refractivity contribution in [2.45, 2.75) is 39.7 Å². The van der Waals surface area contributed by atoms with Crippen LogP contribution in [0.3, 0.4) is 0 Å². The number of thiazole rings is 1. The van der Waals surface area contributed by atoms with E-state index in [-0.39, 0.29) is 11.6 Å². The molecule has 0 aliphatic rings. The van der Waals surface area contributed by atoms with E-state index in [2.05, 4.69) is 20.6 Å². The average molecular weight is 432 g/mol. The molecule has 29 heavy (non-hydrogen) atoms. The van der Waals surface area contributed by atoms with E-state index >= 15 is 0 Å². The van der Waals surface area contributed by atoms with Gasteiger partial charge in [0.1, 0.15) is 5.82 Å². The van der Waals surface area contributed by atoms with E-state index < -0.39 is 11.8 Å². The number of nitrogens with one attached hydrogen (secondary N) is 2. The lowest BCUT2D eigenvalue weighted by Gasteiger charge is -2.15. The Morgan fingerprint density at radius 2 is 1.93 bits per heavy atom. The molecule has 7 nitrogen and oxygen atoms in total. The summed E-state index contributed by atoms with van der Waals surface area (Å²) in [5, 5.41) is 9.05. The van der Waals surface area contributed by atoms with Crippen LogP contribution in [-0.4, -0.2) is 26.3 Å². The lowest BCUT2D eigenvalue weighted by atomic mass is 10.0. The number of anilines is 2. The minimum absolute atomic E-state index is 0.152. The van der Waals surface area contributed by atoms with Gasteiger partial charge >= 0.3 is 0 Å². The van der Waals surface area contributed by atoms with E-state index in [0.29, 0.717) is 29.5 Å². The smallest absolute Gasteiger partial charge is 0.278 e. The van der Waals surface area contributed by atoms with E-state index in [1.807, 2.05) is 26.2 Å². The minimum Gasteiger partial charge on any atom is -0.321 e. The standard InChI is InChI=1S/C20H22ClN5O2S/c1-4-15(16-10-29-12(3)23-16)19(27)25-18-17(22-11-26(18)5-2)20(28)24-14-8-6-13(21)7-9-14/h6-11,15H,4-5H2,1-3H3,(H,24,28)(H,25,27). The van der Waals surface area contributed by atoms with Crippen molar-refractivity contribution in [2.75, 3.05) is 10.6 Å². The molecule has 3 rings (SSSR count). The van der Waals surface area contributed by atoms with Gasteiger partial charge in [-0.15, -0.1) is 11.3 Å². The Bertz CT molecular complexity index is 1010. The number of hydrogen-bond donors (Lipinski definition) is 2. The quantitative estimate of drug-likeness (QED) is 0.567. The molecule has 2 heterocycles. The Morgan fingerprint density at radius 1 is 1.21 bits per heavy atom. The monoisotopic (exact) mass is 431 g/mol. The summed E-state index contributed by atoms with van der Waals surface area (Å²) in [6.45, 7) is 6.32. The second-order valence-electron chi connectivity index (χ2n) is 6.43. The average Bonchev–Trinajstić information content (AvgIpc) is 3.30. The topological polar surface area (TPSA) is 88.9 Å². The van der Waals surface area contributed by atoms with Gasteiger partial charge in [0.15, 0.2) is 5.69 Å². The third-order valence-electron chi connectivity index (χ3n) is 4.46. The molecule has 0 bridgehead atoms. The first-order chi connectivity index (χ1) is 13.9. The number of halogens is 1. The number of amides is 2. The van der Waals surface area contributed by atoms with Gasteiger partial charge in [-0.25, -0.2) is 9.97 Å². The maximum Gasteiger partial charge on any atom is 0.278 e. The van der Waals surface area contributed by atoms with Gasteiger partial charge in [-0.2, -0.15) is 0 Å². The fraction of sp³-hybridized carbons (Fsp3) is 0.300. The second kappa shape index (κ2) is 9.19. The molecule has 3 aromatic rings. The van der Waals surface area contributed by atoms with E-state index in [1.54, 1.807) is 35.2 Å². The van der Waals surface area contributed by atoms with Gasteiger partial charge in [-0.3, -0.25) is 9.59 Å². The van der Waals surface area contributed by atoms with Gasteiger partial charge in [0.05, 0.1) is 22.9 Å². The summed E-state index contributed by atoms with van der Waals surface area (Å²) in [5.41, 5.74) is 1.48. The number of benzene rings is 1. The number of carbonyl (C=O) groups excluding carboxylic acids is 2. The second-order valence-corrected chi connectivity index (χ2v) is 7.93. The Hall–Kier alpha value is -2.71. The van der Waals surface area contributed by atoms with Crippen LogP contribution in [0.5, 0.6) is 0 Å². The molecule has 0 radical (unpaired) electrons. The lowest BCUT2D eigenvalue weighted by Crippen LogP contribution is -2.25. The van der Waals surface area contributed by atoms with Crippen LogP contribution in [0.15, 0.2) is 36.0 Å². The number of carbonyl (C=O) groups is 2. The molecule has 2 N–H and O–H groups in total. The summed E-state index contributed by atoms with van der Waals surface area (Å²) in [7, 11) is 0. The van der Waals surface area contributed by atoms with Crippen molar-refractivity contribution >= 4 is 46.3 Å². The molecular weight excluding hydrogens is 410 g/mol. The fourth-order valence-corrected chi connectivity index (χ4v) is 3.71. The summed E-state index contributed by atoms with van der Waals surface area (Å²) in [6.07, 6.45) is 2.14. The molecule has 0 fully saturated rings. The molecule has 0 aliphatic carbocycles. The summed E-state index contributed by atoms with van der Waals surface area (Å²) in [4.78, 5) is 34.4. The number of hydrogen-bond acceptors (Lipinski definition) is 5. The van der Waals surface area contributed by atoms with Crippen molar-refractivity contribution < 1.29 is 9.59 Å². The van der Waals surface area contributed by atoms with E-state index in [0.717, 1.165) is 10.7 Å². The summed E-state index contributed by atoms with van der Waals surface area (Å²) in [5.74, 6) is -0.650. The first kappa shape index (κ1) is 21.0. The molecule has 1 atom stereocenters. The molecule has 2 amide bonds. The van der Waals surface area contributed by atoms with Crippen molar-refractivity contribution in [3.05, 3.63) is 57.4 Å². The Morgan fingerprint density at radius 3 is 2.52 bits per heavy atom. The molecule has 9 heteroatoms. The predicted molar refractivity (Wildman–Crippen MR) is 116 cm³/mol. The molecule has 1 unspecified atom stereocenters. The van der Waals surface area contributed by atoms with Gasteiger partial charge < -0.3 is 15.2 Å². The summed E-state index contributed by atoms with van der Waals surface area (Å²) < 4.78 is 1.73. The number of aromatic nitrogens is 3. The van der Waals surface area contributed by atoms with Crippen LogP contribution in [-0.2, 0) is 11.3 Å². The highest BCUT2D eigenvalue weighted by atomic mass is 35.5. The van der Waals surface area contributed by atoms with Crippen LogP contribution < -0.4 is 10.6 Å². The van der Waals surface area contributed by atoms with E-state index in [1.165, 1.54) is 11.3 Å². The Kier molecular flexibility index (Phi) is 6.66. The number of nitrogens with zero attached hydrogens (tertiary/aromatic N) is 3. The van der Waals surface area contributed by atoms with E-state index in [9.17, 15) is 9.59 Å². The van der Waals surface area contributed by atoms with Gasteiger partial charge in [0.2, 0.25) is 5.91 Å². The summed E-state index contributed by atoms with van der Waals surface area (Å²) >= 11 is 7.39. The van der Waals surface area contributed by atoms with E-state index in [4.69, 9.17) is 11.6 Å². The highest BCUT2D eigenvalue weighted by Gasteiger charge is 2.25. The van der Waals surface area contributed by atoms with Gasteiger partial charge in [0.25, 0.3) is 5.91 Å². The highest BCUT2D eigenvalue weighted by molar-refractivity contribution is 7.09. The van der Waals surface area contributed by atoms with Crippen molar-refractivity contribution in [3.8, 4) is 0 Å². The molecule has 0 spiro atoms. The maximum absolute atomic E-state index is 13.0. The first-order valence-corrected chi connectivity index (χ1v) is 10.5. The van der Waals surface area contributed by atoms with Crippen molar-refractivity contribution in [2.24, 2.45) is 0 Å². The molecule has 0 saturated heterocycles. The molecule has 1 aromatic carbocycles. The third kappa shape index (κ3) is 4.83. The number of imidazole rings is 1. The van der Waals surface area contributed by atoms with Gasteiger partial charge in [-0.1, -0.05) is 18.5 Å². The molecule has 2 aromatic heterocycles. The van der Waals surface area contributed by atoms with Crippen LogP contribution in [0.25, 0.3) is 0 Å². The fourth-order valence-electron chi connectivity index (χ4n) is 2.92. The van der Waals surface area contributed by atoms with Crippen LogP contribution >= 0.6 is 22.9 Å². The van der Waals surface area contributed by atoms with Crippen LogP contribution in [0.4, 0.5) is 11.5 Å². The molecule has 152 valence electrons. The molecule has 0 aliphatic heterocycles. The largest absolute Gasteiger partial charge is 0.321 e. The SMILES string of the molecule is CCC(C(=O)Nc1c(C(=O)Nc2ccc(Cl)cc2)ncn1CC)c1csc(C)n1. The maximum atomic E-state index is 13.0. The summed E-state index contributed by atoms with van der Waals surface area (Å²) in [6, 6.07) is 6.78. The van der Waals surface area contributed by atoms with Crippen LogP contribution in [0.1, 0.15) is 47.4 Å². The molecule has 0 saturated carbocycles. The lowest BCUT2D eigenvalue weighted by molar-refractivity contribution is -0.117. The van der Waals surface area contributed by atoms with Crippen molar-refractivity contribution in [1.29, 1.82) is 0 Å². The third-order valence-corrected chi connectivity index (χ3v) is 5.50. The normalized spacial score (nSPS) is 11.9. The Labute approximate surface area is 178 Å². The zero-order valence-corrected chi connectivity index (χ0v) is 18.0. The van der Waals surface area contributed by atoms with Gasteiger partial charge in [-0.05, 0) is 44.5 Å². The zero-order chi connectivity index (χ0) is 21.0. The highest BCUT2D eigenvalue weighted by Crippen LogP contribution is 2.25. The van der Waals surface area contributed by atoms with Gasteiger partial charge in [0, 0.05) is 22.6 Å². The number of rotatable bonds is 7. The predicted octanol–water partition coefficient (Wildman–Crippen LogP) is 4.71. The number of aryl methyl sites for hydroxylation is 2. The van der Waals surface area contributed by atoms with Crippen LogP contribution in [0, 0.1) is 6.92 Å². The minimum atomic E-state index is -0.410. The Balaban J connectivity index is 1.83. The van der Waals surface area contributed by atoms with Crippen molar-refractivity contribution in [1.82, 2.24) is 14.5 Å². The van der Waals surface area contributed by atoms with Crippen LogP contribution in [0.2, 0.25) is 5.02 Å².